The van der Waals surface area contributed by atoms with Gasteiger partial charge in [0.25, 0.3) is 5.91 Å². The summed E-state index contributed by atoms with van der Waals surface area (Å²) in [6.07, 6.45) is 2.64. The molecule has 8 heteroatoms. The highest BCUT2D eigenvalue weighted by Gasteiger charge is 2.34. The molecule has 4 nitrogen and oxygen atoms in total. The standard InChI is InChI=1S/C15H15Cl4NO3/c1-6-4-3-5-7(2)20(6)14(21)8-9(15(22)23)11(17)13(19)12(18)10(8)16/h6-7H,3-5H2,1-2H3,(H,22,23)/p-1/t6-,7+. The van der Waals surface area contributed by atoms with Crippen LogP contribution < -0.4 is 5.11 Å². The summed E-state index contributed by atoms with van der Waals surface area (Å²) in [5.74, 6) is -2.16. The first-order valence-corrected chi connectivity index (χ1v) is 8.59. The topological polar surface area (TPSA) is 60.4 Å². The van der Waals surface area contributed by atoms with E-state index in [2.05, 4.69) is 0 Å². The number of rotatable bonds is 2. The lowest BCUT2D eigenvalue weighted by molar-refractivity contribution is -0.255. The van der Waals surface area contributed by atoms with Crippen LogP contribution >= 0.6 is 46.4 Å². The van der Waals surface area contributed by atoms with Gasteiger partial charge in [0.15, 0.2) is 0 Å². The monoisotopic (exact) mass is 396 g/mol. The summed E-state index contributed by atoms with van der Waals surface area (Å²) in [4.78, 5) is 26.1. The van der Waals surface area contributed by atoms with Crippen LogP contribution in [0.1, 0.15) is 53.8 Å². The van der Waals surface area contributed by atoms with E-state index >= 15 is 0 Å². The smallest absolute Gasteiger partial charge is 0.256 e. The van der Waals surface area contributed by atoms with E-state index in [1.54, 1.807) is 4.90 Å². The van der Waals surface area contributed by atoms with Crippen molar-refractivity contribution < 1.29 is 14.7 Å². The quantitative estimate of drug-likeness (QED) is 0.558. The number of carbonyl (C=O) groups is 2. The average molecular weight is 398 g/mol. The molecule has 0 aromatic heterocycles. The molecule has 0 radical (unpaired) electrons. The zero-order valence-electron chi connectivity index (χ0n) is 12.5. The largest absolute Gasteiger partial charge is 0.545 e. The predicted molar refractivity (Wildman–Crippen MR) is 89.8 cm³/mol. The minimum atomic E-state index is -1.63. The van der Waals surface area contributed by atoms with Crippen LogP contribution in [0.25, 0.3) is 0 Å². The van der Waals surface area contributed by atoms with Gasteiger partial charge in [0, 0.05) is 17.6 Å². The summed E-state index contributed by atoms with van der Waals surface area (Å²) in [6.45, 7) is 3.80. The molecule has 0 N–H and O–H groups in total. The molecule has 126 valence electrons. The normalized spacial score (nSPS) is 21.4. The molecular formula is C15H14Cl4NO3-. The van der Waals surface area contributed by atoms with Crippen molar-refractivity contribution in [1.29, 1.82) is 0 Å². The lowest BCUT2D eigenvalue weighted by Crippen LogP contribution is -2.48. The summed E-state index contributed by atoms with van der Waals surface area (Å²) >= 11 is 24.0. The summed E-state index contributed by atoms with van der Waals surface area (Å²) < 4.78 is 0. The number of carbonyl (C=O) groups excluding carboxylic acids is 2. The number of halogens is 4. The number of hydrogen-bond acceptors (Lipinski definition) is 3. The van der Waals surface area contributed by atoms with Crippen LogP contribution in [-0.2, 0) is 0 Å². The van der Waals surface area contributed by atoms with E-state index in [4.69, 9.17) is 46.4 Å². The molecule has 2 atom stereocenters. The van der Waals surface area contributed by atoms with Crippen LogP contribution in [-0.4, -0.2) is 28.9 Å². The Kier molecular flexibility index (Phi) is 5.72. The van der Waals surface area contributed by atoms with Gasteiger partial charge in [-0.25, -0.2) is 0 Å². The van der Waals surface area contributed by atoms with Gasteiger partial charge in [-0.1, -0.05) is 46.4 Å². The van der Waals surface area contributed by atoms with Gasteiger partial charge in [0.05, 0.1) is 31.6 Å². The molecule has 1 aliphatic rings. The Balaban J connectivity index is 2.66. The molecule has 0 aliphatic carbocycles. The fraction of sp³-hybridized carbons (Fsp3) is 0.467. The Hall–Kier alpha value is -0.680. The Bertz CT molecular complexity index is 667. The van der Waals surface area contributed by atoms with Crippen LogP contribution in [0.2, 0.25) is 20.1 Å². The number of likely N-dealkylation sites (tertiary alicyclic amines) is 1. The van der Waals surface area contributed by atoms with Crippen molar-refractivity contribution in [2.75, 3.05) is 0 Å². The first-order chi connectivity index (χ1) is 10.7. The number of carboxylic acid groups (broad SMARTS) is 1. The summed E-state index contributed by atoms with van der Waals surface area (Å²) in [7, 11) is 0. The molecule has 1 heterocycles. The lowest BCUT2D eigenvalue weighted by atomic mass is 9.95. The molecule has 1 aromatic carbocycles. The van der Waals surface area contributed by atoms with Crippen molar-refractivity contribution in [3.8, 4) is 0 Å². The van der Waals surface area contributed by atoms with Gasteiger partial charge in [-0.2, -0.15) is 0 Å². The Morgan fingerprint density at radius 2 is 1.35 bits per heavy atom. The van der Waals surface area contributed by atoms with E-state index in [0.29, 0.717) is 0 Å². The summed E-state index contributed by atoms with van der Waals surface area (Å²) in [6, 6.07) is -0.102. The number of nitrogens with zero attached hydrogens (tertiary/aromatic N) is 1. The van der Waals surface area contributed by atoms with E-state index in [9.17, 15) is 14.7 Å². The maximum atomic E-state index is 13.0. The summed E-state index contributed by atoms with van der Waals surface area (Å²) in [5, 5.41) is 10.5. The van der Waals surface area contributed by atoms with Gasteiger partial charge in [-0.3, -0.25) is 4.79 Å². The van der Waals surface area contributed by atoms with Crippen molar-refractivity contribution in [1.82, 2.24) is 4.90 Å². The first-order valence-electron chi connectivity index (χ1n) is 7.08. The van der Waals surface area contributed by atoms with E-state index in [0.717, 1.165) is 19.3 Å². The number of benzene rings is 1. The third-order valence-corrected chi connectivity index (χ3v) is 5.92. The third kappa shape index (κ3) is 3.27. The first kappa shape index (κ1) is 18.7. The Morgan fingerprint density at radius 1 is 0.913 bits per heavy atom. The van der Waals surface area contributed by atoms with Gasteiger partial charge in [-0.15, -0.1) is 0 Å². The molecule has 1 saturated heterocycles. The lowest BCUT2D eigenvalue weighted by Gasteiger charge is -2.39. The van der Waals surface area contributed by atoms with Crippen LogP contribution in [0.5, 0.6) is 0 Å². The van der Waals surface area contributed by atoms with Crippen LogP contribution in [0.4, 0.5) is 0 Å². The third-order valence-electron chi connectivity index (χ3n) is 4.11. The van der Waals surface area contributed by atoms with Gasteiger partial charge in [0.1, 0.15) is 0 Å². The predicted octanol–water partition coefficient (Wildman–Crippen LogP) is 4.07. The van der Waals surface area contributed by atoms with Gasteiger partial charge < -0.3 is 14.8 Å². The molecular weight excluding hydrogens is 384 g/mol. The number of hydrogen-bond donors (Lipinski definition) is 0. The van der Waals surface area contributed by atoms with E-state index < -0.39 is 17.4 Å². The maximum Gasteiger partial charge on any atom is 0.256 e. The Morgan fingerprint density at radius 3 is 1.78 bits per heavy atom. The number of aromatic carboxylic acids is 1. The van der Waals surface area contributed by atoms with Crippen molar-refractivity contribution in [3.63, 3.8) is 0 Å². The highest BCUT2D eigenvalue weighted by molar-refractivity contribution is 6.54. The molecule has 0 saturated carbocycles. The Labute approximate surface area is 154 Å². The minimum Gasteiger partial charge on any atom is -0.545 e. The molecule has 1 aliphatic heterocycles. The number of carboxylic acids is 1. The van der Waals surface area contributed by atoms with E-state index in [1.807, 2.05) is 13.8 Å². The van der Waals surface area contributed by atoms with E-state index in [1.165, 1.54) is 0 Å². The highest BCUT2D eigenvalue weighted by Crippen LogP contribution is 2.42. The van der Waals surface area contributed by atoms with Crippen LogP contribution in [0, 0.1) is 0 Å². The molecule has 0 unspecified atom stereocenters. The molecule has 1 aromatic rings. The van der Waals surface area contributed by atoms with Gasteiger partial charge in [0.2, 0.25) is 0 Å². The molecule has 23 heavy (non-hydrogen) atoms. The van der Waals surface area contributed by atoms with E-state index in [-0.39, 0.29) is 37.7 Å². The maximum absolute atomic E-state index is 13.0. The second kappa shape index (κ2) is 7.06. The fourth-order valence-corrected chi connectivity index (χ4v) is 3.99. The zero-order chi connectivity index (χ0) is 17.5. The summed E-state index contributed by atoms with van der Waals surface area (Å²) in [5.41, 5.74) is -0.798. The van der Waals surface area contributed by atoms with Crippen LogP contribution in [0.3, 0.4) is 0 Å². The minimum absolute atomic E-state index is 0.0508. The van der Waals surface area contributed by atoms with Crippen LogP contribution in [0.15, 0.2) is 0 Å². The van der Waals surface area contributed by atoms with Crippen molar-refractivity contribution in [2.45, 2.75) is 45.2 Å². The molecule has 1 amide bonds. The number of piperidine rings is 1. The van der Waals surface area contributed by atoms with Gasteiger partial charge >= 0.3 is 0 Å². The fourth-order valence-electron chi connectivity index (χ4n) is 2.97. The molecule has 1 fully saturated rings. The van der Waals surface area contributed by atoms with Crippen molar-refractivity contribution in [2.24, 2.45) is 0 Å². The average Bonchev–Trinajstić information content (AvgIpc) is 2.47. The zero-order valence-corrected chi connectivity index (χ0v) is 15.5. The number of amides is 1. The van der Waals surface area contributed by atoms with Crippen molar-refractivity contribution in [3.05, 3.63) is 31.2 Å². The second-order valence-electron chi connectivity index (χ2n) is 5.63. The SMILES string of the molecule is C[C@@H]1CCC[C@H](C)N1C(=O)c1c(Cl)c(Cl)c(Cl)c(Cl)c1C(=O)[O-]. The van der Waals surface area contributed by atoms with Crippen molar-refractivity contribution >= 4 is 58.3 Å². The highest BCUT2D eigenvalue weighted by atomic mass is 35.5. The molecule has 2 rings (SSSR count). The van der Waals surface area contributed by atoms with Gasteiger partial charge in [-0.05, 0) is 33.1 Å². The molecule has 0 bridgehead atoms. The molecule has 0 spiro atoms. The second-order valence-corrected chi connectivity index (χ2v) is 7.15.